The minimum Gasteiger partial charge on any atom is -0.303 e. The van der Waals surface area contributed by atoms with Gasteiger partial charge in [0.15, 0.2) is 0 Å². The molecule has 2 fully saturated rings. The van der Waals surface area contributed by atoms with Crippen LogP contribution in [-0.2, 0) is 24.2 Å². The molecular weight excluding hydrogens is 364 g/mol. The summed E-state index contributed by atoms with van der Waals surface area (Å²) in [6.45, 7) is 3.21. The van der Waals surface area contributed by atoms with Gasteiger partial charge in [-0.05, 0) is 80.7 Å². The molecule has 2 saturated carbocycles. The number of alkyl halides is 2. The van der Waals surface area contributed by atoms with E-state index in [0.717, 1.165) is 48.9 Å². The molecule has 0 aromatic heterocycles. The van der Waals surface area contributed by atoms with Crippen LogP contribution in [-0.4, -0.2) is 24.5 Å². The average molecular weight is 398 g/mol. The van der Waals surface area contributed by atoms with Crippen molar-refractivity contribution in [2.24, 2.45) is 0 Å². The quantitative estimate of drug-likeness (QED) is 0.443. The van der Waals surface area contributed by atoms with E-state index in [-0.39, 0.29) is 0 Å². The van der Waals surface area contributed by atoms with Gasteiger partial charge in [0, 0.05) is 12.6 Å². The number of likely N-dealkylation sites (N-methyl/N-ethyl adjacent to an activating group) is 1. The summed E-state index contributed by atoms with van der Waals surface area (Å²) >= 11 is 0. The molecule has 0 amide bonds. The van der Waals surface area contributed by atoms with Crippen LogP contribution < -0.4 is 0 Å². The third kappa shape index (κ3) is 4.55. The van der Waals surface area contributed by atoms with Gasteiger partial charge in [-0.1, -0.05) is 55.5 Å². The van der Waals surface area contributed by atoms with Gasteiger partial charge in [0.1, 0.15) is 11.3 Å². The van der Waals surface area contributed by atoms with Gasteiger partial charge in [0.2, 0.25) is 0 Å². The standard InChI is InChI=1S/C26H33F2N/c1-3-21(29(2)19-14-20-8-5-4-6-9-20)12-13-22-23(25(27)15-16-25)10-7-11-24(22)26(28)17-18-26/h4-11,21H,3,12-19H2,1-2H3. The normalized spacial score (nSPS) is 19.9. The number of nitrogens with zero attached hydrogens (tertiary/aromatic N) is 1. The second-order valence-corrected chi connectivity index (χ2v) is 9.08. The summed E-state index contributed by atoms with van der Waals surface area (Å²) in [6.07, 6.45) is 6.10. The molecule has 1 atom stereocenters. The van der Waals surface area contributed by atoms with E-state index < -0.39 is 11.3 Å². The second kappa shape index (κ2) is 8.18. The Kier molecular flexibility index (Phi) is 5.79. The molecule has 2 aliphatic rings. The van der Waals surface area contributed by atoms with Gasteiger partial charge in [0.05, 0.1) is 0 Å². The van der Waals surface area contributed by atoms with Crippen molar-refractivity contribution in [2.45, 2.75) is 75.7 Å². The van der Waals surface area contributed by atoms with E-state index in [1.54, 1.807) is 0 Å². The molecule has 1 nitrogen and oxygen atoms in total. The lowest BCUT2D eigenvalue weighted by Crippen LogP contribution is -2.33. The first-order valence-electron chi connectivity index (χ1n) is 11.2. The Morgan fingerprint density at radius 2 is 1.45 bits per heavy atom. The Labute approximate surface area is 174 Å². The van der Waals surface area contributed by atoms with Crippen LogP contribution in [0.3, 0.4) is 0 Å². The third-order valence-electron chi connectivity index (χ3n) is 6.94. The highest BCUT2D eigenvalue weighted by molar-refractivity contribution is 5.46. The number of halogens is 2. The van der Waals surface area contributed by atoms with Crippen molar-refractivity contribution in [3.63, 3.8) is 0 Å². The topological polar surface area (TPSA) is 3.24 Å². The molecule has 156 valence electrons. The second-order valence-electron chi connectivity index (χ2n) is 9.08. The Balaban J connectivity index is 1.45. The predicted octanol–water partition coefficient (Wildman–Crippen LogP) is 6.49. The van der Waals surface area contributed by atoms with Crippen LogP contribution in [0.1, 0.15) is 67.7 Å². The first kappa shape index (κ1) is 20.5. The van der Waals surface area contributed by atoms with Crippen LogP contribution in [0.25, 0.3) is 0 Å². The molecule has 0 bridgehead atoms. The van der Waals surface area contributed by atoms with Crippen LogP contribution in [0.5, 0.6) is 0 Å². The molecule has 0 saturated heterocycles. The molecule has 0 aliphatic heterocycles. The van der Waals surface area contributed by atoms with E-state index in [1.165, 1.54) is 5.56 Å². The van der Waals surface area contributed by atoms with Gasteiger partial charge in [0.25, 0.3) is 0 Å². The fourth-order valence-corrected chi connectivity index (χ4v) is 4.63. The zero-order valence-electron chi connectivity index (χ0n) is 17.8. The Bertz CT molecular complexity index is 788. The van der Waals surface area contributed by atoms with Gasteiger partial charge in [-0.2, -0.15) is 0 Å². The van der Waals surface area contributed by atoms with E-state index in [1.807, 2.05) is 24.3 Å². The van der Waals surface area contributed by atoms with E-state index in [4.69, 9.17) is 0 Å². The molecule has 0 heterocycles. The Hall–Kier alpha value is -1.74. The van der Waals surface area contributed by atoms with Gasteiger partial charge >= 0.3 is 0 Å². The zero-order chi connectivity index (χ0) is 20.5. The lowest BCUT2D eigenvalue weighted by Gasteiger charge is -2.28. The van der Waals surface area contributed by atoms with Crippen molar-refractivity contribution in [1.29, 1.82) is 0 Å². The first-order chi connectivity index (χ1) is 14.0. The van der Waals surface area contributed by atoms with Crippen LogP contribution in [0.4, 0.5) is 8.78 Å². The molecule has 2 aromatic carbocycles. The lowest BCUT2D eigenvalue weighted by atomic mass is 9.88. The maximum atomic E-state index is 15.0. The van der Waals surface area contributed by atoms with Crippen molar-refractivity contribution >= 4 is 0 Å². The fraction of sp³-hybridized carbons (Fsp3) is 0.538. The molecule has 3 heteroatoms. The zero-order valence-corrected chi connectivity index (χ0v) is 17.8. The molecular formula is C26H33F2N. The van der Waals surface area contributed by atoms with E-state index >= 15 is 8.78 Å². The summed E-state index contributed by atoms with van der Waals surface area (Å²) in [6, 6.07) is 16.6. The summed E-state index contributed by atoms with van der Waals surface area (Å²) in [5, 5.41) is 0. The summed E-state index contributed by atoms with van der Waals surface area (Å²) in [4.78, 5) is 2.42. The molecule has 0 radical (unpaired) electrons. The van der Waals surface area contributed by atoms with Crippen LogP contribution in [0, 0.1) is 0 Å². The SMILES string of the molecule is CCC(CCc1c(C2(F)CC2)cccc1C1(F)CC1)N(C)CCc1ccccc1. The highest BCUT2D eigenvalue weighted by Crippen LogP contribution is 2.56. The minimum atomic E-state index is -1.21. The summed E-state index contributed by atoms with van der Waals surface area (Å²) in [7, 11) is 2.18. The molecule has 0 spiro atoms. The molecule has 29 heavy (non-hydrogen) atoms. The van der Waals surface area contributed by atoms with Crippen LogP contribution in [0.2, 0.25) is 0 Å². The van der Waals surface area contributed by atoms with Crippen molar-refractivity contribution in [2.75, 3.05) is 13.6 Å². The maximum absolute atomic E-state index is 15.0. The first-order valence-corrected chi connectivity index (χ1v) is 11.2. The Morgan fingerprint density at radius 3 is 1.97 bits per heavy atom. The van der Waals surface area contributed by atoms with Crippen molar-refractivity contribution in [3.05, 3.63) is 70.8 Å². The van der Waals surface area contributed by atoms with Crippen molar-refractivity contribution in [1.82, 2.24) is 4.90 Å². The van der Waals surface area contributed by atoms with Crippen molar-refractivity contribution in [3.8, 4) is 0 Å². The van der Waals surface area contributed by atoms with Gasteiger partial charge in [-0.25, -0.2) is 8.78 Å². The predicted molar refractivity (Wildman–Crippen MR) is 116 cm³/mol. The van der Waals surface area contributed by atoms with Crippen molar-refractivity contribution < 1.29 is 8.78 Å². The monoisotopic (exact) mass is 397 g/mol. The van der Waals surface area contributed by atoms with E-state index in [0.29, 0.717) is 31.7 Å². The molecule has 2 aliphatic carbocycles. The smallest absolute Gasteiger partial charge is 0.136 e. The van der Waals surface area contributed by atoms with Crippen LogP contribution in [0.15, 0.2) is 48.5 Å². The van der Waals surface area contributed by atoms with Gasteiger partial charge in [-0.15, -0.1) is 0 Å². The molecule has 1 unspecified atom stereocenters. The lowest BCUT2D eigenvalue weighted by molar-refractivity contribution is 0.225. The van der Waals surface area contributed by atoms with E-state index in [9.17, 15) is 0 Å². The molecule has 4 rings (SSSR count). The largest absolute Gasteiger partial charge is 0.303 e. The highest BCUT2D eigenvalue weighted by atomic mass is 19.1. The number of hydrogen-bond acceptors (Lipinski definition) is 1. The van der Waals surface area contributed by atoms with Gasteiger partial charge in [-0.3, -0.25) is 0 Å². The minimum absolute atomic E-state index is 0.421. The average Bonchev–Trinajstić information content (AvgIpc) is 3.66. The van der Waals surface area contributed by atoms with Gasteiger partial charge < -0.3 is 4.90 Å². The van der Waals surface area contributed by atoms with Crippen LogP contribution >= 0.6 is 0 Å². The Morgan fingerprint density at radius 1 is 0.862 bits per heavy atom. The van der Waals surface area contributed by atoms with E-state index in [2.05, 4.69) is 43.1 Å². The summed E-state index contributed by atoms with van der Waals surface area (Å²) < 4.78 is 30.0. The molecule has 0 N–H and O–H groups in total. The number of benzene rings is 2. The molecule has 2 aromatic rings. The highest BCUT2D eigenvalue weighted by Gasteiger charge is 2.50. The number of hydrogen-bond donors (Lipinski definition) is 0. The summed E-state index contributed by atoms with van der Waals surface area (Å²) in [5.41, 5.74) is 1.42. The summed E-state index contributed by atoms with van der Waals surface area (Å²) in [5.74, 6) is 0. The number of rotatable bonds is 10. The maximum Gasteiger partial charge on any atom is 0.136 e. The third-order valence-corrected chi connectivity index (χ3v) is 6.94. The fourth-order valence-electron chi connectivity index (χ4n) is 4.63.